The molecule has 2 heterocycles. The van der Waals surface area contributed by atoms with E-state index in [0.29, 0.717) is 19.4 Å². The average molecular weight is 412 g/mol. The van der Waals surface area contributed by atoms with E-state index >= 15 is 0 Å². The topological polar surface area (TPSA) is 171 Å². The molecule has 0 bridgehead atoms. The van der Waals surface area contributed by atoms with Crippen molar-refractivity contribution in [2.75, 3.05) is 18.8 Å². The zero-order chi connectivity index (χ0) is 20.7. The Hall–Kier alpha value is -2.60. The van der Waals surface area contributed by atoms with Crippen LogP contribution in [0.3, 0.4) is 0 Å². The number of aliphatic carboxylic acids is 1. The summed E-state index contributed by atoms with van der Waals surface area (Å²) >= 11 is 3.85. The van der Waals surface area contributed by atoms with Crippen molar-refractivity contribution < 1.29 is 24.3 Å². The zero-order valence-electron chi connectivity index (χ0n) is 15.1. The Morgan fingerprint density at radius 1 is 1.43 bits per heavy atom. The molecule has 154 valence electrons. The Morgan fingerprint density at radius 3 is 2.79 bits per heavy atom. The van der Waals surface area contributed by atoms with Gasteiger partial charge in [-0.1, -0.05) is 0 Å². The summed E-state index contributed by atoms with van der Waals surface area (Å²) in [5.74, 6) is -2.77. The van der Waals surface area contributed by atoms with Gasteiger partial charge in [-0.2, -0.15) is 12.6 Å². The summed E-state index contributed by atoms with van der Waals surface area (Å²) in [5.41, 5.74) is 6.69. The van der Waals surface area contributed by atoms with Crippen LogP contribution in [0.15, 0.2) is 12.5 Å². The van der Waals surface area contributed by atoms with E-state index in [1.807, 2.05) is 0 Å². The number of carbonyl (C=O) groups excluding carboxylic acids is 3. The number of carbonyl (C=O) groups is 4. The molecular formula is C16H24N6O5S. The molecule has 1 saturated heterocycles. The Morgan fingerprint density at radius 2 is 2.18 bits per heavy atom. The SMILES string of the molecule is NC(Cc1cnc[nH]1)C(=O)N1CCCC1C(=O)NCC(=O)NC(CS)C(=O)O. The molecule has 2 rings (SSSR count). The number of amides is 3. The Labute approximate surface area is 166 Å². The van der Waals surface area contributed by atoms with E-state index in [2.05, 4.69) is 33.2 Å². The van der Waals surface area contributed by atoms with E-state index in [1.165, 1.54) is 11.2 Å². The number of hydrogen-bond acceptors (Lipinski definition) is 7. The standard InChI is InChI=1S/C16H24N6O5S/c17-10(4-9-5-18-8-20-9)15(25)22-3-1-2-12(22)14(24)19-6-13(23)21-11(7-28)16(26)27/h5,8,10-12,28H,1-4,6-7,17H2,(H,18,20)(H,19,24)(H,21,23)(H,26,27). The number of hydrogen-bond donors (Lipinski definition) is 6. The minimum absolute atomic E-state index is 0.0753. The third-order valence-electron chi connectivity index (χ3n) is 4.39. The van der Waals surface area contributed by atoms with Crippen molar-refractivity contribution in [3.63, 3.8) is 0 Å². The molecule has 1 fully saturated rings. The summed E-state index contributed by atoms with van der Waals surface area (Å²) in [5, 5.41) is 13.6. The number of carboxylic acids is 1. The molecule has 0 aliphatic carbocycles. The Bertz CT molecular complexity index is 712. The second kappa shape index (κ2) is 10.1. The summed E-state index contributed by atoms with van der Waals surface area (Å²) in [6.45, 7) is 0.00958. The minimum Gasteiger partial charge on any atom is -0.480 e. The van der Waals surface area contributed by atoms with Gasteiger partial charge in [-0.25, -0.2) is 9.78 Å². The lowest BCUT2D eigenvalue weighted by Crippen LogP contribution is -2.53. The van der Waals surface area contributed by atoms with E-state index in [0.717, 1.165) is 5.69 Å². The van der Waals surface area contributed by atoms with Gasteiger partial charge in [-0.05, 0) is 12.8 Å². The van der Waals surface area contributed by atoms with Crippen LogP contribution in [-0.2, 0) is 25.6 Å². The third kappa shape index (κ3) is 5.70. The van der Waals surface area contributed by atoms with Crippen molar-refractivity contribution in [2.45, 2.75) is 37.4 Å². The molecule has 3 amide bonds. The van der Waals surface area contributed by atoms with Crippen molar-refractivity contribution in [3.05, 3.63) is 18.2 Å². The van der Waals surface area contributed by atoms with Crippen LogP contribution in [0.2, 0.25) is 0 Å². The fourth-order valence-electron chi connectivity index (χ4n) is 2.95. The number of carboxylic acid groups (broad SMARTS) is 1. The first-order valence-electron chi connectivity index (χ1n) is 8.77. The van der Waals surface area contributed by atoms with Gasteiger partial charge in [-0.15, -0.1) is 0 Å². The van der Waals surface area contributed by atoms with Gasteiger partial charge < -0.3 is 31.4 Å². The van der Waals surface area contributed by atoms with Crippen LogP contribution >= 0.6 is 12.6 Å². The number of nitrogens with zero attached hydrogens (tertiary/aromatic N) is 2. The molecule has 0 aromatic carbocycles. The van der Waals surface area contributed by atoms with Crippen LogP contribution in [0.1, 0.15) is 18.5 Å². The van der Waals surface area contributed by atoms with Gasteiger partial charge in [-0.3, -0.25) is 14.4 Å². The highest BCUT2D eigenvalue weighted by Gasteiger charge is 2.36. The van der Waals surface area contributed by atoms with Crippen LogP contribution in [0.4, 0.5) is 0 Å². The number of nitrogens with two attached hydrogens (primary N) is 1. The number of imidazole rings is 1. The fraction of sp³-hybridized carbons (Fsp3) is 0.562. The fourth-order valence-corrected chi connectivity index (χ4v) is 3.20. The van der Waals surface area contributed by atoms with E-state index in [9.17, 15) is 19.2 Å². The van der Waals surface area contributed by atoms with Crippen molar-refractivity contribution in [2.24, 2.45) is 5.73 Å². The molecule has 6 N–H and O–H groups in total. The molecular weight excluding hydrogens is 388 g/mol. The van der Waals surface area contributed by atoms with Crippen LogP contribution in [0, 0.1) is 0 Å². The van der Waals surface area contributed by atoms with Gasteiger partial charge in [0.25, 0.3) is 0 Å². The summed E-state index contributed by atoms with van der Waals surface area (Å²) in [7, 11) is 0. The summed E-state index contributed by atoms with van der Waals surface area (Å²) < 4.78 is 0. The molecule has 12 heteroatoms. The molecule has 1 aromatic heterocycles. The van der Waals surface area contributed by atoms with E-state index < -0.39 is 42.5 Å². The number of aromatic amines is 1. The average Bonchev–Trinajstić information content (AvgIpc) is 3.34. The van der Waals surface area contributed by atoms with E-state index in [4.69, 9.17) is 10.8 Å². The lowest BCUT2D eigenvalue weighted by atomic mass is 10.1. The molecule has 28 heavy (non-hydrogen) atoms. The van der Waals surface area contributed by atoms with Crippen LogP contribution in [0.25, 0.3) is 0 Å². The zero-order valence-corrected chi connectivity index (χ0v) is 16.0. The lowest BCUT2D eigenvalue weighted by molar-refractivity contribution is -0.141. The van der Waals surface area contributed by atoms with Crippen molar-refractivity contribution in [1.82, 2.24) is 25.5 Å². The van der Waals surface area contributed by atoms with Gasteiger partial charge >= 0.3 is 5.97 Å². The molecule has 0 radical (unpaired) electrons. The molecule has 11 nitrogen and oxygen atoms in total. The monoisotopic (exact) mass is 412 g/mol. The Kier molecular flexibility index (Phi) is 7.81. The predicted octanol–water partition coefficient (Wildman–Crippen LogP) is -2.11. The summed E-state index contributed by atoms with van der Waals surface area (Å²) in [6, 6.07) is -2.67. The summed E-state index contributed by atoms with van der Waals surface area (Å²) in [6.07, 6.45) is 4.45. The number of H-pyrrole nitrogens is 1. The first kappa shape index (κ1) is 21.7. The van der Waals surface area contributed by atoms with Crippen LogP contribution in [-0.4, -0.2) is 80.6 Å². The summed E-state index contributed by atoms with van der Waals surface area (Å²) in [4.78, 5) is 55.9. The molecule has 1 aromatic rings. The molecule has 1 aliphatic heterocycles. The number of rotatable bonds is 9. The number of nitrogens with one attached hydrogen (secondary N) is 3. The smallest absolute Gasteiger partial charge is 0.327 e. The van der Waals surface area contributed by atoms with Crippen molar-refractivity contribution >= 4 is 36.3 Å². The first-order chi connectivity index (χ1) is 13.3. The van der Waals surface area contributed by atoms with Gasteiger partial charge in [0.1, 0.15) is 12.1 Å². The van der Waals surface area contributed by atoms with E-state index in [-0.39, 0.29) is 18.1 Å². The third-order valence-corrected chi connectivity index (χ3v) is 4.75. The molecule has 1 aliphatic rings. The number of aromatic nitrogens is 2. The predicted molar refractivity (Wildman–Crippen MR) is 101 cm³/mol. The number of thiol groups is 1. The quantitative estimate of drug-likeness (QED) is 0.252. The lowest BCUT2D eigenvalue weighted by Gasteiger charge is -2.26. The van der Waals surface area contributed by atoms with E-state index in [1.54, 1.807) is 6.20 Å². The van der Waals surface area contributed by atoms with Gasteiger partial charge in [0, 0.05) is 30.6 Å². The molecule has 0 spiro atoms. The van der Waals surface area contributed by atoms with Crippen molar-refractivity contribution in [1.29, 1.82) is 0 Å². The minimum atomic E-state index is -1.21. The molecule has 3 atom stereocenters. The second-order valence-corrected chi connectivity index (χ2v) is 6.80. The van der Waals surface area contributed by atoms with Crippen LogP contribution < -0.4 is 16.4 Å². The number of likely N-dealkylation sites (tertiary alicyclic amines) is 1. The highest BCUT2D eigenvalue weighted by molar-refractivity contribution is 7.80. The maximum atomic E-state index is 12.6. The van der Waals surface area contributed by atoms with Crippen LogP contribution in [0.5, 0.6) is 0 Å². The molecule has 3 unspecified atom stereocenters. The molecule has 0 saturated carbocycles. The Balaban J connectivity index is 1.87. The maximum absolute atomic E-state index is 12.6. The second-order valence-electron chi connectivity index (χ2n) is 6.44. The highest BCUT2D eigenvalue weighted by atomic mass is 32.1. The normalized spacial score (nSPS) is 18.4. The maximum Gasteiger partial charge on any atom is 0.327 e. The first-order valence-corrected chi connectivity index (χ1v) is 9.40. The van der Waals surface area contributed by atoms with Gasteiger partial charge in [0.2, 0.25) is 17.7 Å². The largest absolute Gasteiger partial charge is 0.480 e. The highest BCUT2D eigenvalue weighted by Crippen LogP contribution is 2.19. The van der Waals surface area contributed by atoms with Crippen molar-refractivity contribution in [3.8, 4) is 0 Å². The van der Waals surface area contributed by atoms with Gasteiger partial charge in [0.15, 0.2) is 0 Å². The van der Waals surface area contributed by atoms with Gasteiger partial charge in [0.05, 0.1) is 18.9 Å².